The second-order valence-corrected chi connectivity index (χ2v) is 7.45. The van der Waals surface area contributed by atoms with Crippen molar-refractivity contribution in [2.75, 3.05) is 13.1 Å². The zero-order chi connectivity index (χ0) is 15.4. The van der Waals surface area contributed by atoms with Crippen LogP contribution in [0.15, 0.2) is 34.5 Å². The zero-order valence-corrected chi connectivity index (χ0v) is 14.1. The van der Waals surface area contributed by atoms with Gasteiger partial charge in [0.25, 0.3) is 5.91 Å². The maximum atomic E-state index is 12.1. The first kappa shape index (κ1) is 15.5. The highest BCUT2D eigenvalue weighted by molar-refractivity contribution is 7.98. The molecular weight excluding hydrogens is 314 g/mol. The third-order valence-electron chi connectivity index (χ3n) is 3.57. The van der Waals surface area contributed by atoms with Crippen molar-refractivity contribution < 1.29 is 4.79 Å². The summed E-state index contributed by atoms with van der Waals surface area (Å²) in [5, 5.41) is 9.51. The van der Waals surface area contributed by atoms with Crippen molar-refractivity contribution in [2.45, 2.75) is 30.0 Å². The lowest BCUT2D eigenvalue weighted by atomic mass is 10.2. The largest absolute Gasteiger partial charge is 0.348 e. The normalized spacial score (nSPS) is 17.6. The van der Waals surface area contributed by atoms with Gasteiger partial charge < -0.3 is 10.6 Å². The van der Waals surface area contributed by atoms with Crippen LogP contribution in [-0.4, -0.2) is 30.0 Å². The number of carbonyl (C=O) groups excluding carboxylic acids is 1. The van der Waals surface area contributed by atoms with Gasteiger partial charge in [0.15, 0.2) is 0 Å². The summed E-state index contributed by atoms with van der Waals surface area (Å²) >= 11 is 3.42. The number of nitrogens with one attached hydrogen (secondary N) is 2. The number of aromatic nitrogens is 1. The van der Waals surface area contributed by atoms with Crippen molar-refractivity contribution in [3.63, 3.8) is 0 Å². The van der Waals surface area contributed by atoms with Gasteiger partial charge in [-0.25, -0.2) is 4.98 Å². The number of hydrogen-bond donors (Lipinski definition) is 2. The van der Waals surface area contributed by atoms with E-state index in [1.807, 2.05) is 31.2 Å². The first-order chi connectivity index (χ1) is 10.7. The quantitative estimate of drug-likeness (QED) is 0.826. The molecule has 3 rings (SSSR count). The Morgan fingerprint density at radius 1 is 1.45 bits per heavy atom. The molecule has 0 radical (unpaired) electrons. The minimum absolute atomic E-state index is 0.0142. The van der Waals surface area contributed by atoms with E-state index in [2.05, 4.69) is 21.0 Å². The van der Waals surface area contributed by atoms with Gasteiger partial charge in [0, 0.05) is 34.2 Å². The Bertz CT molecular complexity index is 633. The SMILES string of the molecule is Cc1nc(CSc2ccc(C(=O)NC3CCNC3)cc2)cs1. The standard InChI is InChI=1S/C16H19N3OS2/c1-11-18-14(9-21-11)10-22-15-4-2-12(3-5-15)16(20)19-13-6-7-17-8-13/h2-5,9,13,17H,6-8,10H2,1H3,(H,19,20). The number of thioether (sulfide) groups is 1. The lowest BCUT2D eigenvalue weighted by Crippen LogP contribution is -2.36. The lowest BCUT2D eigenvalue weighted by molar-refractivity contribution is 0.0940. The molecule has 1 aromatic heterocycles. The van der Waals surface area contributed by atoms with Crippen LogP contribution < -0.4 is 10.6 Å². The van der Waals surface area contributed by atoms with E-state index in [9.17, 15) is 4.79 Å². The third kappa shape index (κ3) is 4.09. The summed E-state index contributed by atoms with van der Waals surface area (Å²) < 4.78 is 0. The number of hydrogen-bond acceptors (Lipinski definition) is 5. The fourth-order valence-corrected chi connectivity index (χ4v) is 3.89. The molecule has 22 heavy (non-hydrogen) atoms. The number of carbonyl (C=O) groups is 1. The van der Waals surface area contributed by atoms with Gasteiger partial charge in [-0.2, -0.15) is 0 Å². The molecule has 2 heterocycles. The summed E-state index contributed by atoms with van der Waals surface area (Å²) in [6, 6.07) is 8.06. The van der Waals surface area contributed by atoms with Crippen LogP contribution in [0.5, 0.6) is 0 Å². The van der Waals surface area contributed by atoms with Crippen LogP contribution in [0.3, 0.4) is 0 Å². The molecule has 1 aliphatic rings. The molecule has 1 atom stereocenters. The molecule has 6 heteroatoms. The molecule has 1 unspecified atom stereocenters. The Balaban J connectivity index is 1.54. The van der Waals surface area contributed by atoms with E-state index in [-0.39, 0.29) is 11.9 Å². The van der Waals surface area contributed by atoms with Gasteiger partial charge in [-0.05, 0) is 44.2 Å². The molecule has 2 N–H and O–H groups in total. The molecule has 0 spiro atoms. The zero-order valence-electron chi connectivity index (χ0n) is 12.5. The second-order valence-electron chi connectivity index (χ2n) is 5.33. The van der Waals surface area contributed by atoms with Gasteiger partial charge in [-0.15, -0.1) is 23.1 Å². The minimum Gasteiger partial charge on any atom is -0.348 e. The predicted molar refractivity (Wildman–Crippen MR) is 91.6 cm³/mol. The van der Waals surface area contributed by atoms with Crippen molar-refractivity contribution in [1.29, 1.82) is 0 Å². The fourth-order valence-electron chi connectivity index (χ4n) is 2.38. The monoisotopic (exact) mass is 333 g/mol. The Hall–Kier alpha value is -1.37. The van der Waals surface area contributed by atoms with E-state index in [0.29, 0.717) is 0 Å². The maximum absolute atomic E-state index is 12.1. The van der Waals surface area contributed by atoms with Crippen LogP contribution >= 0.6 is 23.1 Å². The van der Waals surface area contributed by atoms with E-state index in [0.717, 1.165) is 46.4 Å². The second kappa shape index (κ2) is 7.26. The van der Waals surface area contributed by atoms with Gasteiger partial charge >= 0.3 is 0 Å². The van der Waals surface area contributed by atoms with Crippen LogP contribution in [-0.2, 0) is 5.75 Å². The van der Waals surface area contributed by atoms with Crippen LogP contribution in [0.4, 0.5) is 0 Å². The van der Waals surface area contributed by atoms with Gasteiger partial charge in [-0.3, -0.25) is 4.79 Å². The molecule has 2 aromatic rings. The van der Waals surface area contributed by atoms with Crippen molar-refractivity contribution in [3.05, 3.63) is 45.9 Å². The fraction of sp³-hybridized carbons (Fsp3) is 0.375. The Labute approximate surface area is 138 Å². The summed E-state index contributed by atoms with van der Waals surface area (Å²) in [6.07, 6.45) is 1.01. The van der Waals surface area contributed by atoms with Gasteiger partial charge in [0.2, 0.25) is 0 Å². The van der Waals surface area contributed by atoms with E-state index < -0.39 is 0 Å². The van der Waals surface area contributed by atoms with Crippen molar-refractivity contribution in [1.82, 2.24) is 15.6 Å². The van der Waals surface area contributed by atoms with Crippen molar-refractivity contribution >= 4 is 29.0 Å². The summed E-state index contributed by atoms with van der Waals surface area (Å²) in [7, 11) is 0. The molecule has 116 valence electrons. The van der Waals surface area contributed by atoms with Gasteiger partial charge in [0.1, 0.15) is 0 Å². The number of thiazole rings is 1. The number of amides is 1. The van der Waals surface area contributed by atoms with Crippen LogP contribution in [0.25, 0.3) is 0 Å². The Morgan fingerprint density at radius 3 is 2.91 bits per heavy atom. The number of nitrogens with zero attached hydrogens (tertiary/aromatic N) is 1. The third-order valence-corrected chi connectivity index (χ3v) is 5.43. The minimum atomic E-state index is 0.0142. The van der Waals surface area contributed by atoms with Gasteiger partial charge in [0.05, 0.1) is 10.7 Å². The molecule has 1 aliphatic heterocycles. The molecule has 4 nitrogen and oxygen atoms in total. The van der Waals surface area contributed by atoms with E-state index in [1.54, 1.807) is 23.1 Å². The summed E-state index contributed by atoms with van der Waals surface area (Å²) in [4.78, 5) is 17.8. The highest BCUT2D eigenvalue weighted by Crippen LogP contribution is 2.23. The topological polar surface area (TPSA) is 54.0 Å². The van der Waals surface area contributed by atoms with Crippen LogP contribution in [0.1, 0.15) is 27.5 Å². The summed E-state index contributed by atoms with van der Waals surface area (Å²) in [5.41, 5.74) is 1.84. The molecule has 1 amide bonds. The molecule has 1 aromatic carbocycles. The number of benzene rings is 1. The Kier molecular flexibility index (Phi) is 5.12. The molecule has 1 saturated heterocycles. The highest BCUT2D eigenvalue weighted by Gasteiger charge is 2.17. The average Bonchev–Trinajstić information content (AvgIpc) is 3.17. The molecule has 0 bridgehead atoms. The molecule has 1 fully saturated rings. The highest BCUT2D eigenvalue weighted by atomic mass is 32.2. The average molecular weight is 333 g/mol. The Morgan fingerprint density at radius 2 is 2.27 bits per heavy atom. The van der Waals surface area contributed by atoms with Crippen molar-refractivity contribution in [3.8, 4) is 0 Å². The van der Waals surface area contributed by atoms with Crippen LogP contribution in [0, 0.1) is 6.92 Å². The van der Waals surface area contributed by atoms with Gasteiger partial charge in [-0.1, -0.05) is 0 Å². The van der Waals surface area contributed by atoms with E-state index in [1.165, 1.54) is 0 Å². The summed E-state index contributed by atoms with van der Waals surface area (Å²) in [5.74, 6) is 0.879. The first-order valence-electron chi connectivity index (χ1n) is 7.36. The lowest BCUT2D eigenvalue weighted by Gasteiger charge is -2.11. The predicted octanol–water partition coefficient (Wildman–Crippen LogP) is 2.84. The van der Waals surface area contributed by atoms with E-state index >= 15 is 0 Å². The molecular formula is C16H19N3OS2. The van der Waals surface area contributed by atoms with E-state index in [4.69, 9.17) is 0 Å². The van der Waals surface area contributed by atoms with Crippen LogP contribution in [0.2, 0.25) is 0 Å². The maximum Gasteiger partial charge on any atom is 0.251 e. The first-order valence-corrected chi connectivity index (χ1v) is 9.23. The molecule has 0 aliphatic carbocycles. The smallest absolute Gasteiger partial charge is 0.251 e. The van der Waals surface area contributed by atoms with Crippen molar-refractivity contribution in [2.24, 2.45) is 0 Å². The number of rotatable bonds is 5. The summed E-state index contributed by atoms with van der Waals surface area (Å²) in [6.45, 7) is 3.87. The molecule has 0 saturated carbocycles. The number of aryl methyl sites for hydroxylation is 1.